The summed E-state index contributed by atoms with van der Waals surface area (Å²) < 4.78 is 11.3. The first-order valence-electron chi connectivity index (χ1n) is 10.8. The van der Waals surface area contributed by atoms with Crippen molar-refractivity contribution >= 4 is 17.7 Å². The fourth-order valence-electron chi connectivity index (χ4n) is 3.58. The van der Waals surface area contributed by atoms with Crippen LogP contribution in [0.1, 0.15) is 30.4 Å². The molecule has 8 heteroatoms. The largest absolute Gasteiger partial charge is 0.484 e. The maximum Gasteiger partial charge on any atom is 0.277 e. The Morgan fingerprint density at radius 3 is 2.78 bits per heavy atom. The van der Waals surface area contributed by atoms with Gasteiger partial charge in [-0.1, -0.05) is 59.8 Å². The molecule has 0 bridgehead atoms. The van der Waals surface area contributed by atoms with Crippen molar-refractivity contribution < 1.29 is 13.9 Å². The first kappa shape index (κ1) is 22.4. The van der Waals surface area contributed by atoms with E-state index < -0.39 is 0 Å². The van der Waals surface area contributed by atoms with Gasteiger partial charge in [-0.05, 0) is 38.0 Å². The second kappa shape index (κ2) is 10.7. The maximum atomic E-state index is 12.6. The molecule has 0 radical (unpaired) electrons. The number of nitrogens with one attached hydrogen (secondary N) is 1. The van der Waals surface area contributed by atoms with Crippen LogP contribution in [0, 0.1) is 6.92 Å². The lowest BCUT2D eigenvalue weighted by Crippen LogP contribution is -2.40. The van der Waals surface area contributed by atoms with Gasteiger partial charge < -0.3 is 14.5 Å². The molecule has 1 aromatic heterocycles. The number of aryl methyl sites for hydroxylation is 1. The van der Waals surface area contributed by atoms with Crippen LogP contribution >= 0.6 is 11.8 Å². The highest BCUT2D eigenvalue weighted by Gasteiger charge is 2.26. The SMILES string of the molecule is Cc1ccc(OCc2nnc(S[C@H](C)C(=O)N[C@H]3CCN(Cc4ccccc4)C3)o2)cc1. The Hall–Kier alpha value is -2.84. The normalized spacial score (nSPS) is 17.2. The molecular weight excluding hydrogens is 424 g/mol. The van der Waals surface area contributed by atoms with Crippen molar-refractivity contribution in [1.82, 2.24) is 20.4 Å². The van der Waals surface area contributed by atoms with Crippen molar-refractivity contribution in [2.24, 2.45) is 0 Å². The van der Waals surface area contributed by atoms with Crippen molar-refractivity contribution in [3.8, 4) is 5.75 Å². The van der Waals surface area contributed by atoms with Crippen molar-refractivity contribution in [3.63, 3.8) is 0 Å². The van der Waals surface area contributed by atoms with Gasteiger partial charge in [0.05, 0.1) is 5.25 Å². The molecule has 1 N–H and O–H groups in total. The van der Waals surface area contributed by atoms with Gasteiger partial charge in [0.25, 0.3) is 11.1 Å². The van der Waals surface area contributed by atoms with Crippen molar-refractivity contribution in [2.75, 3.05) is 13.1 Å². The van der Waals surface area contributed by atoms with Crippen LogP contribution in [0.2, 0.25) is 0 Å². The molecule has 0 spiro atoms. The smallest absolute Gasteiger partial charge is 0.277 e. The average molecular weight is 453 g/mol. The number of benzene rings is 2. The van der Waals surface area contributed by atoms with Gasteiger partial charge in [0.15, 0.2) is 6.61 Å². The predicted octanol–water partition coefficient (Wildman–Crippen LogP) is 3.83. The van der Waals surface area contributed by atoms with Crippen LogP contribution in [-0.4, -0.2) is 45.4 Å². The van der Waals surface area contributed by atoms with E-state index in [0.717, 1.165) is 31.8 Å². The molecule has 7 nitrogen and oxygen atoms in total. The highest BCUT2D eigenvalue weighted by Crippen LogP contribution is 2.23. The molecule has 2 heterocycles. The van der Waals surface area contributed by atoms with E-state index >= 15 is 0 Å². The summed E-state index contributed by atoms with van der Waals surface area (Å²) >= 11 is 1.26. The summed E-state index contributed by atoms with van der Waals surface area (Å²) in [5, 5.41) is 11.2. The van der Waals surface area contributed by atoms with E-state index in [2.05, 4.69) is 44.7 Å². The number of hydrogen-bond donors (Lipinski definition) is 1. The molecule has 0 aliphatic carbocycles. The number of thioether (sulfide) groups is 1. The van der Waals surface area contributed by atoms with Crippen LogP contribution in [0.25, 0.3) is 0 Å². The van der Waals surface area contributed by atoms with Gasteiger partial charge in [-0.25, -0.2) is 0 Å². The molecule has 1 aliphatic rings. The lowest BCUT2D eigenvalue weighted by atomic mass is 10.2. The standard InChI is InChI=1S/C24H28N4O3S/c1-17-8-10-21(11-9-17)30-16-22-26-27-24(31-22)32-18(2)23(29)25-20-12-13-28(15-20)14-19-6-4-3-5-7-19/h3-11,18,20H,12-16H2,1-2H3,(H,25,29)/t18-,20+/m1/s1. The van der Waals surface area contributed by atoms with Gasteiger partial charge >= 0.3 is 0 Å². The number of hydrogen-bond acceptors (Lipinski definition) is 7. The second-order valence-electron chi connectivity index (χ2n) is 8.04. The lowest BCUT2D eigenvalue weighted by Gasteiger charge is -2.18. The highest BCUT2D eigenvalue weighted by molar-refractivity contribution is 8.00. The molecule has 1 saturated heterocycles. The first-order valence-corrected chi connectivity index (χ1v) is 11.7. The Morgan fingerprint density at radius 2 is 2.00 bits per heavy atom. The molecule has 1 amide bonds. The minimum absolute atomic E-state index is 0.0165. The van der Waals surface area contributed by atoms with Gasteiger partial charge in [0.1, 0.15) is 5.75 Å². The van der Waals surface area contributed by atoms with E-state index in [1.165, 1.54) is 22.9 Å². The third-order valence-corrected chi connectivity index (χ3v) is 6.28. The Morgan fingerprint density at radius 1 is 1.22 bits per heavy atom. The van der Waals surface area contributed by atoms with Crippen LogP contribution in [0.5, 0.6) is 5.75 Å². The Labute approximate surface area is 192 Å². The number of rotatable bonds is 9. The molecule has 0 unspecified atom stereocenters. The van der Waals surface area contributed by atoms with Crippen molar-refractivity contribution in [2.45, 2.75) is 49.9 Å². The molecule has 2 atom stereocenters. The zero-order valence-corrected chi connectivity index (χ0v) is 19.2. The number of likely N-dealkylation sites (tertiary alicyclic amines) is 1. The highest BCUT2D eigenvalue weighted by atomic mass is 32.2. The van der Waals surface area contributed by atoms with Gasteiger partial charge in [-0.15, -0.1) is 10.2 Å². The predicted molar refractivity (Wildman–Crippen MR) is 123 cm³/mol. The Bertz CT molecular complexity index is 1010. The molecule has 1 fully saturated rings. The van der Waals surface area contributed by atoms with Crippen LogP contribution in [0.3, 0.4) is 0 Å². The summed E-state index contributed by atoms with van der Waals surface area (Å²) in [4.78, 5) is 15.0. The van der Waals surface area contributed by atoms with Crippen molar-refractivity contribution in [1.29, 1.82) is 0 Å². The van der Waals surface area contributed by atoms with Gasteiger partial charge in [-0.3, -0.25) is 9.69 Å². The maximum absolute atomic E-state index is 12.6. The summed E-state index contributed by atoms with van der Waals surface area (Å²) in [6.07, 6.45) is 0.955. The molecule has 3 aromatic rings. The minimum atomic E-state index is -0.329. The Kier molecular flexibility index (Phi) is 7.44. The quantitative estimate of drug-likeness (QED) is 0.494. The molecule has 0 saturated carbocycles. The molecule has 2 aromatic carbocycles. The average Bonchev–Trinajstić information content (AvgIpc) is 3.43. The molecule has 1 aliphatic heterocycles. The van der Waals surface area contributed by atoms with E-state index in [-0.39, 0.29) is 23.8 Å². The summed E-state index contributed by atoms with van der Waals surface area (Å²) in [5.74, 6) is 1.11. The van der Waals surface area contributed by atoms with Crippen LogP contribution < -0.4 is 10.1 Å². The Balaban J connectivity index is 1.20. The zero-order chi connectivity index (χ0) is 22.3. The summed E-state index contributed by atoms with van der Waals surface area (Å²) in [6, 6.07) is 18.3. The molecule has 32 heavy (non-hydrogen) atoms. The van der Waals surface area contributed by atoms with Crippen molar-refractivity contribution in [3.05, 3.63) is 71.6 Å². The lowest BCUT2D eigenvalue weighted by molar-refractivity contribution is -0.120. The van der Waals surface area contributed by atoms with E-state index in [4.69, 9.17) is 9.15 Å². The number of aromatic nitrogens is 2. The molecular formula is C24H28N4O3S. The summed E-state index contributed by atoms with van der Waals surface area (Å²) in [6.45, 7) is 6.82. The fraction of sp³-hybridized carbons (Fsp3) is 0.375. The van der Waals surface area contributed by atoms with Gasteiger partial charge in [0.2, 0.25) is 5.91 Å². The van der Waals surface area contributed by atoms with Gasteiger partial charge in [0, 0.05) is 25.7 Å². The van der Waals surface area contributed by atoms with Crippen LogP contribution in [0.15, 0.2) is 64.2 Å². The number of carbonyl (C=O) groups is 1. The number of carbonyl (C=O) groups excluding carboxylic acids is 1. The topological polar surface area (TPSA) is 80.5 Å². The minimum Gasteiger partial charge on any atom is -0.484 e. The summed E-state index contributed by atoms with van der Waals surface area (Å²) in [5.41, 5.74) is 2.46. The second-order valence-corrected chi connectivity index (χ2v) is 9.33. The van der Waals surface area contributed by atoms with E-state index in [1.807, 2.05) is 44.2 Å². The number of ether oxygens (including phenoxy) is 1. The summed E-state index contributed by atoms with van der Waals surface area (Å²) in [7, 11) is 0. The molecule has 168 valence electrons. The zero-order valence-electron chi connectivity index (χ0n) is 18.4. The van der Waals surface area contributed by atoms with E-state index in [0.29, 0.717) is 11.1 Å². The van der Waals surface area contributed by atoms with Gasteiger partial charge in [-0.2, -0.15) is 0 Å². The monoisotopic (exact) mass is 452 g/mol. The number of amides is 1. The van der Waals surface area contributed by atoms with E-state index in [1.54, 1.807) is 0 Å². The van der Waals surface area contributed by atoms with Crippen LogP contribution in [0.4, 0.5) is 0 Å². The fourth-order valence-corrected chi connectivity index (χ4v) is 4.29. The third kappa shape index (κ3) is 6.34. The third-order valence-electron chi connectivity index (χ3n) is 5.35. The number of nitrogens with zero attached hydrogens (tertiary/aromatic N) is 3. The molecule has 4 rings (SSSR count). The first-order chi connectivity index (χ1) is 15.5. The van der Waals surface area contributed by atoms with E-state index in [9.17, 15) is 4.79 Å². The van der Waals surface area contributed by atoms with Crippen LogP contribution in [-0.2, 0) is 17.9 Å².